The Balaban J connectivity index is 1.93. The van der Waals surface area contributed by atoms with Crippen molar-refractivity contribution in [3.8, 4) is 11.8 Å². The van der Waals surface area contributed by atoms with Gasteiger partial charge in [0.25, 0.3) is 5.91 Å². The van der Waals surface area contributed by atoms with Crippen LogP contribution in [0.3, 0.4) is 0 Å². The van der Waals surface area contributed by atoms with Crippen LogP contribution < -0.4 is 5.73 Å². The van der Waals surface area contributed by atoms with Gasteiger partial charge in [0, 0.05) is 25.6 Å². The van der Waals surface area contributed by atoms with Gasteiger partial charge >= 0.3 is 0 Å². The molecular weight excluding hydrogens is 272 g/mol. The summed E-state index contributed by atoms with van der Waals surface area (Å²) in [5.74, 6) is 6.25. The van der Waals surface area contributed by atoms with E-state index in [9.17, 15) is 4.79 Å². The molecule has 1 atom stereocenters. The maximum atomic E-state index is 12.3. The third-order valence-corrected chi connectivity index (χ3v) is 4.14. The van der Waals surface area contributed by atoms with Crippen LogP contribution in [0.4, 0.5) is 0 Å². The Kier molecular flexibility index (Phi) is 5.60. The quantitative estimate of drug-likeness (QED) is 0.860. The molecule has 108 valence electrons. The molecule has 1 aliphatic rings. The Morgan fingerprint density at radius 2 is 2.50 bits per heavy atom. The second kappa shape index (κ2) is 7.44. The Morgan fingerprint density at radius 3 is 3.20 bits per heavy atom. The summed E-state index contributed by atoms with van der Waals surface area (Å²) >= 11 is 1.48. The van der Waals surface area contributed by atoms with Gasteiger partial charge in [0.05, 0.1) is 23.6 Å². The van der Waals surface area contributed by atoms with E-state index in [1.807, 2.05) is 18.5 Å². The molecule has 2 rings (SSSR count). The first kappa shape index (κ1) is 15.0. The Labute approximate surface area is 123 Å². The minimum absolute atomic E-state index is 0.0487. The summed E-state index contributed by atoms with van der Waals surface area (Å²) in [6.07, 6.45) is 2.22. The third kappa shape index (κ3) is 4.07. The summed E-state index contributed by atoms with van der Waals surface area (Å²) < 4.78 is 5.45. The van der Waals surface area contributed by atoms with Crippen LogP contribution in [0, 0.1) is 17.8 Å². The molecule has 0 bridgehead atoms. The molecule has 1 aromatic heterocycles. The molecule has 4 nitrogen and oxygen atoms in total. The van der Waals surface area contributed by atoms with Gasteiger partial charge in [0.1, 0.15) is 0 Å². The van der Waals surface area contributed by atoms with Gasteiger partial charge in [0.15, 0.2) is 0 Å². The number of amides is 1. The molecule has 1 aliphatic heterocycles. The number of carbonyl (C=O) groups is 1. The van der Waals surface area contributed by atoms with E-state index in [1.54, 1.807) is 4.90 Å². The molecule has 0 saturated carbocycles. The first-order chi connectivity index (χ1) is 9.70. The van der Waals surface area contributed by atoms with Gasteiger partial charge in [-0.1, -0.05) is 11.8 Å². The van der Waals surface area contributed by atoms with Crippen LogP contribution in [0.15, 0.2) is 11.4 Å². The van der Waals surface area contributed by atoms with Crippen LogP contribution in [0.5, 0.6) is 0 Å². The van der Waals surface area contributed by atoms with E-state index in [0.717, 1.165) is 37.5 Å². The van der Waals surface area contributed by atoms with Crippen molar-refractivity contribution in [3.05, 3.63) is 21.9 Å². The third-order valence-electron chi connectivity index (χ3n) is 3.29. The Hall–Kier alpha value is -1.35. The predicted molar refractivity (Wildman–Crippen MR) is 80.8 cm³/mol. The molecular formula is C15H20N2O2S. The fraction of sp³-hybridized carbons (Fsp3) is 0.533. The van der Waals surface area contributed by atoms with Gasteiger partial charge in [-0.3, -0.25) is 4.79 Å². The van der Waals surface area contributed by atoms with Crippen molar-refractivity contribution in [2.45, 2.75) is 12.8 Å². The van der Waals surface area contributed by atoms with Crippen LogP contribution >= 0.6 is 11.3 Å². The second-order valence-corrected chi connectivity index (χ2v) is 5.89. The highest BCUT2D eigenvalue weighted by atomic mass is 32.1. The monoisotopic (exact) mass is 292 g/mol. The first-order valence-electron chi connectivity index (χ1n) is 6.81. The molecule has 1 saturated heterocycles. The van der Waals surface area contributed by atoms with Crippen LogP contribution in [0.2, 0.25) is 0 Å². The van der Waals surface area contributed by atoms with E-state index in [0.29, 0.717) is 18.0 Å². The van der Waals surface area contributed by atoms with E-state index >= 15 is 0 Å². The van der Waals surface area contributed by atoms with Gasteiger partial charge in [-0.25, -0.2) is 0 Å². The minimum atomic E-state index is 0.0487. The molecule has 1 fully saturated rings. The lowest BCUT2D eigenvalue weighted by Crippen LogP contribution is -2.34. The summed E-state index contributed by atoms with van der Waals surface area (Å²) in [5.41, 5.74) is 6.04. The van der Waals surface area contributed by atoms with Crippen molar-refractivity contribution in [1.29, 1.82) is 0 Å². The van der Waals surface area contributed by atoms with E-state index in [1.165, 1.54) is 11.3 Å². The standard InChI is InChI=1S/C15H20N2O2S/c1-17(9-12-4-3-7-19-10-12)15(18)13-8-14(20-11-13)5-2-6-16/h8,11-12H,3-4,6-7,9-10,16H2,1H3. The van der Waals surface area contributed by atoms with E-state index in [4.69, 9.17) is 10.5 Å². The van der Waals surface area contributed by atoms with Crippen molar-refractivity contribution in [2.24, 2.45) is 11.7 Å². The van der Waals surface area contributed by atoms with Crippen molar-refractivity contribution in [2.75, 3.05) is 33.4 Å². The largest absolute Gasteiger partial charge is 0.381 e. The fourth-order valence-electron chi connectivity index (χ4n) is 2.29. The minimum Gasteiger partial charge on any atom is -0.381 e. The zero-order valence-electron chi connectivity index (χ0n) is 11.7. The molecule has 0 aliphatic carbocycles. The summed E-state index contributed by atoms with van der Waals surface area (Å²) in [7, 11) is 1.85. The highest BCUT2D eigenvalue weighted by molar-refractivity contribution is 7.10. The number of ether oxygens (including phenoxy) is 1. The maximum Gasteiger partial charge on any atom is 0.254 e. The lowest BCUT2D eigenvalue weighted by Gasteiger charge is -2.26. The fourth-order valence-corrected chi connectivity index (χ4v) is 3.04. The molecule has 2 N–H and O–H groups in total. The summed E-state index contributed by atoms with van der Waals surface area (Å²) in [4.78, 5) is 15.0. The molecule has 1 amide bonds. The molecule has 20 heavy (non-hydrogen) atoms. The van der Waals surface area contributed by atoms with E-state index < -0.39 is 0 Å². The van der Waals surface area contributed by atoms with Crippen LogP contribution in [-0.2, 0) is 4.74 Å². The number of carbonyl (C=O) groups excluding carboxylic acids is 1. The Morgan fingerprint density at radius 1 is 1.65 bits per heavy atom. The van der Waals surface area contributed by atoms with Gasteiger partial charge in [-0.15, -0.1) is 11.3 Å². The van der Waals surface area contributed by atoms with Crippen LogP contribution in [0.25, 0.3) is 0 Å². The number of rotatable bonds is 3. The average Bonchev–Trinajstić information content (AvgIpc) is 2.94. The lowest BCUT2D eigenvalue weighted by atomic mass is 10.0. The molecule has 0 radical (unpaired) electrons. The summed E-state index contributed by atoms with van der Waals surface area (Å²) in [6, 6.07) is 1.84. The number of hydrogen-bond donors (Lipinski definition) is 1. The summed E-state index contributed by atoms with van der Waals surface area (Å²) in [5, 5.41) is 1.86. The highest BCUT2D eigenvalue weighted by Crippen LogP contribution is 2.18. The molecule has 0 aromatic carbocycles. The average molecular weight is 292 g/mol. The van der Waals surface area contributed by atoms with Gasteiger partial charge in [-0.05, 0) is 24.8 Å². The smallest absolute Gasteiger partial charge is 0.254 e. The number of nitrogens with two attached hydrogens (primary N) is 1. The number of thiophene rings is 1. The lowest BCUT2D eigenvalue weighted by molar-refractivity contribution is 0.0388. The molecule has 2 heterocycles. The zero-order valence-corrected chi connectivity index (χ0v) is 12.5. The number of hydrogen-bond acceptors (Lipinski definition) is 4. The first-order valence-corrected chi connectivity index (χ1v) is 7.69. The topological polar surface area (TPSA) is 55.6 Å². The van der Waals surface area contributed by atoms with Gasteiger partial charge in [0.2, 0.25) is 0 Å². The van der Waals surface area contributed by atoms with Gasteiger partial charge in [-0.2, -0.15) is 0 Å². The van der Waals surface area contributed by atoms with Crippen molar-refractivity contribution in [3.63, 3.8) is 0 Å². The molecule has 1 unspecified atom stereocenters. The van der Waals surface area contributed by atoms with Crippen molar-refractivity contribution < 1.29 is 9.53 Å². The molecule has 0 spiro atoms. The van der Waals surface area contributed by atoms with Crippen molar-refractivity contribution in [1.82, 2.24) is 4.90 Å². The molecule has 1 aromatic rings. The number of nitrogens with zero attached hydrogens (tertiary/aromatic N) is 1. The summed E-state index contributed by atoms with van der Waals surface area (Å²) in [6.45, 7) is 2.69. The Bertz CT molecular complexity index is 509. The van der Waals surface area contributed by atoms with E-state index in [2.05, 4.69) is 11.8 Å². The highest BCUT2D eigenvalue weighted by Gasteiger charge is 2.20. The van der Waals surface area contributed by atoms with Gasteiger partial charge < -0.3 is 15.4 Å². The maximum absolute atomic E-state index is 12.3. The molecule has 5 heteroatoms. The normalized spacial score (nSPS) is 18.2. The zero-order chi connectivity index (χ0) is 14.4. The SMILES string of the molecule is CN(CC1CCCOC1)C(=O)c1csc(C#CCN)c1. The second-order valence-electron chi connectivity index (χ2n) is 4.97. The van der Waals surface area contributed by atoms with Crippen LogP contribution in [-0.4, -0.2) is 44.2 Å². The predicted octanol–water partition coefficient (Wildman–Crippen LogP) is 1.56. The van der Waals surface area contributed by atoms with E-state index in [-0.39, 0.29) is 5.91 Å². The van der Waals surface area contributed by atoms with Crippen LogP contribution in [0.1, 0.15) is 28.1 Å². The van der Waals surface area contributed by atoms with Crippen molar-refractivity contribution >= 4 is 17.2 Å².